The van der Waals surface area contributed by atoms with Crippen LogP contribution in [0.1, 0.15) is 19.7 Å². The summed E-state index contributed by atoms with van der Waals surface area (Å²) in [7, 11) is 0. The minimum atomic E-state index is 0.157. The van der Waals surface area contributed by atoms with Gasteiger partial charge in [0.1, 0.15) is 5.75 Å². The zero-order chi connectivity index (χ0) is 14.5. The number of halogens is 1. The van der Waals surface area contributed by atoms with E-state index in [-0.39, 0.29) is 5.75 Å². The summed E-state index contributed by atoms with van der Waals surface area (Å²) in [6.45, 7) is 7.20. The number of benzene rings is 1. The number of nitrogens with zero attached hydrogens (tertiary/aromatic N) is 3. The topological polar surface area (TPSA) is 62.4 Å². The van der Waals surface area contributed by atoms with Crippen LogP contribution in [0.25, 0.3) is 11.5 Å². The average Bonchev–Trinajstić information content (AvgIpc) is 2.91. The molecule has 0 fully saturated rings. The highest BCUT2D eigenvalue weighted by atomic mass is 127. The Kier molecular flexibility index (Phi) is 5.36. The van der Waals surface area contributed by atoms with Crippen LogP contribution in [0.15, 0.2) is 22.7 Å². The molecule has 0 saturated heterocycles. The third-order valence-corrected chi connectivity index (χ3v) is 3.87. The highest BCUT2D eigenvalue weighted by Crippen LogP contribution is 2.29. The summed E-state index contributed by atoms with van der Waals surface area (Å²) in [4.78, 5) is 6.66. The lowest BCUT2D eigenvalue weighted by molar-refractivity contribution is 0.303. The van der Waals surface area contributed by atoms with Crippen LogP contribution < -0.4 is 0 Å². The molecule has 0 spiro atoms. The smallest absolute Gasteiger partial charge is 0.261 e. The molecular formula is C14H18IN3O2. The molecule has 0 aliphatic heterocycles. The first-order valence-electron chi connectivity index (χ1n) is 6.67. The third-order valence-electron chi connectivity index (χ3n) is 3.20. The maximum atomic E-state index is 9.85. The SMILES string of the molecule is CCN(CC)CCc1noc(-c2cc(I)ccc2O)n1. The minimum absolute atomic E-state index is 0.157. The second-order valence-electron chi connectivity index (χ2n) is 4.45. The number of hydrogen-bond acceptors (Lipinski definition) is 5. The molecule has 0 bridgehead atoms. The Hall–Kier alpha value is -1.15. The summed E-state index contributed by atoms with van der Waals surface area (Å²) in [6, 6.07) is 5.30. The predicted molar refractivity (Wildman–Crippen MR) is 85.6 cm³/mol. The lowest BCUT2D eigenvalue weighted by atomic mass is 10.2. The molecule has 1 aromatic heterocycles. The number of aromatic nitrogens is 2. The van der Waals surface area contributed by atoms with Gasteiger partial charge >= 0.3 is 0 Å². The summed E-state index contributed by atoms with van der Waals surface area (Å²) in [6.07, 6.45) is 0.746. The van der Waals surface area contributed by atoms with Crippen molar-refractivity contribution < 1.29 is 9.63 Å². The van der Waals surface area contributed by atoms with Gasteiger partial charge in [0.2, 0.25) is 0 Å². The number of likely N-dealkylation sites (N-methyl/N-ethyl adjacent to an activating group) is 1. The summed E-state index contributed by atoms with van der Waals surface area (Å²) >= 11 is 2.18. The quantitative estimate of drug-likeness (QED) is 0.773. The number of hydrogen-bond donors (Lipinski definition) is 1. The largest absolute Gasteiger partial charge is 0.507 e. The van der Waals surface area contributed by atoms with Crippen molar-refractivity contribution in [2.45, 2.75) is 20.3 Å². The standard InChI is InChI=1S/C14H18IN3O2/c1-3-18(4-2)8-7-13-16-14(20-17-13)11-9-10(15)5-6-12(11)19/h5-6,9,19H,3-4,7-8H2,1-2H3. The number of phenolic OH excluding ortho intramolecular Hbond substituents is 1. The van der Waals surface area contributed by atoms with Crippen LogP contribution in [0.3, 0.4) is 0 Å². The van der Waals surface area contributed by atoms with Gasteiger partial charge in [-0.3, -0.25) is 0 Å². The Morgan fingerprint density at radius 2 is 2.05 bits per heavy atom. The number of phenols is 1. The van der Waals surface area contributed by atoms with Gasteiger partial charge in [0.15, 0.2) is 5.82 Å². The molecule has 2 rings (SSSR count). The third kappa shape index (κ3) is 3.69. The lowest BCUT2D eigenvalue weighted by Gasteiger charge is -2.16. The molecular weight excluding hydrogens is 369 g/mol. The van der Waals surface area contributed by atoms with Gasteiger partial charge in [-0.2, -0.15) is 4.98 Å². The van der Waals surface area contributed by atoms with E-state index in [1.807, 2.05) is 12.1 Å². The van der Waals surface area contributed by atoms with Crippen LogP contribution in [-0.4, -0.2) is 39.8 Å². The molecule has 5 nitrogen and oxygen atoms in total. The van der Waals surface area contributed by atoms with Crippen molar-refractivity contribution in [3.05, 3.63) is 27.6 Å². The molecule has 6 heteroatoms. The van der Waals surface area contributed by atoms with Gasteiger partial charge in [-0.05, 0) is 53.9 Å². The first-order valence-corrected chi connectivity index (χ1v) is 7.75. The zero-order valence-electron chi connectivity index (χ0n) is 11.6. The van der Waals surface area contributed by atoms with Crippen LogP contribution in [0.2, 0.25) is 0 Å². The van der Waals surface area contributed by atoms with Gasteiger partial charge in [-0.15, -0.1) is 0 Å². The van der Waals surface area contributed by atoms with E-state index in [1.54, 1.807) is 6.07 Å². The van der Waals surface area contributed by atoms with Gasteiger partial charge in [0.25, 0.3) is 5.89 Å². The molecule has 2 aromatic rings. The normalized spacial score (nSPS) is 11.2. The van der Waals surface area contributed by atoms with Crippen LogP contribution in [0.5, 0.6) is 5.75 Å². The van der Waals surface area contributed by atoms with E-state index in [0.29, 0.717) is 17.3 Å². The Balaban J connectivity index is 2.10. The van der Waals surface area contributed by atoms with E-state index in [2.05, 4.69) is 51.5 Å². The predicted octanol–water partition coefficient (Wildman–Crippen LogP) is 2.93. The maximum absolute atomic E-state index is 9.85. The van der Waals surface area contributed by atoms with Crippen molar-refractivity contribution in [3.8, 4) is 17.2 Å². The Labute approximate surface area is 132 Å². The van der Waals surface area contributed by atoms with Crippen molar-refractivity contribution in [1.29, 1.82) is 0 Å². The summed E-state index contributed by atoms with van der Waals surface area (Å²) in [5.41, 5.74) is 0.582. The van der Waals surface area contributed by atoms with Crippen molar-refractivity contribution in [2.75, 3.05) is 19.6 Å². The van der Waals surface area contributed by atoms with Crippen LogP contribution in [0.4, 0.5) is 0 Å². The second-order valence-corrected chi connectivity index (χ2v) is 5.70. The van der Waals surface area contributed by atoms with E-state index in [0.717, 1.165) is 29.6 Å². The van der Waals surface area contributed by atoms with E-state index < -0.39 is 0 Å². The summed E-state index contributed by atoms with van der Waals surface area (Å²) in [5, 5.41) is 13.8. The van der Waals surface area contributed by atoms with E-state index in [4.69, 9.17) is 4.52 Å². The summed E-state index contributed by atoms with van der Waals surface area (Å²) < 4.78 is 6.26. The molecule has 0 saturated carbocycles. The first kappa shape index (κ1) is 15.2. The van der Waals surface area contributed by atoms with E-state index in [1.165, 1.54) is 0 Å². The van der Waals surface area contributed by atoms with Crippen molar-refractivity contribution in [3.63, 3.8) is 0 Å². The number of rotatable bonds is 6. The molecule has 0 unspecified atom stereocenters. The van der Waals surface area contributed by atoms with Crippen LogP contribution >= 0.6 is 22.6 Å². The molecule has 1 heterocycles. The van der Waals surface area contributed by atoms with Crippen LogP contribution in [0, 0.1) is 3.57 Å². The van der Waals surface area contributed by atoms with Crippen molar-refractivity contribution in [1.82, 2.24) is 15.0 Å². The van der Waals surface area contributed by atoms with Gasteiger partial charge in [-0.1, -0.05) is 19.0 Å². The first-order chi connectivity index (χ1) is 9.63. The number of aromatic hydroxyl groups is 1. The van der Waals surface area contributed by atoms with Gasteiger partial charge in [0, 0.05) is 16.5 Å². The van der Waals surface area contributed by atoms with Gasteiger partial charge in [-0.25, -0.2) is 0 Å². The molecule has 0 aliphatic rings. The molecule has 0 amide bonds. The minimum Gasteiger partial charge on any atom is -0.507 e. The van der Waals surface area contributed by atoms with Gasteiger partial charge in [0.05, 0.1) is 5.56 Å². The molecule has 1 N–H and O–H groups in total. The maximum Gasteiger partial charge on any atom is 0.261 e. The molecule has 0 atom stereocenters. The fourth-order valence-corrected chi connectivity index (χ4v) is 2.43. The Bertz CT molecular complexity index is 567. The van der Waals surface area contributed by atoms with E-state index in [9.17, 15) is 5.11 Å². The molecule has 108 valence electrons. The Morgan fingerprint density at radius 1 is 1.30 bits per heavy atom. The molecule has 0 aliphatic carbocycles. The molecule has 0 radical (unpaired) electrons. The highest BCUT2D eigenvalue weighted by Gasteiger charge is 2.13. The Morgan fingerprint density at radius 3 is 2.75 bits per heavy atom. The molecule has 20 heavy (non-hydrogen) atoms. The highest BCUT2D eigenvalue weighted by molar-refractivity contribution is 14.1. The second kappa shape index (κ2) is 7.03. The van der Waals surface area contributed by atoms with E-state index >= 15 is 0 Å². The van der Waals surface area contributed by atoms with Crippen molar-refractivity contribution >= 4 is 22.6 Å². The fraction of sp³-hybridized carbons (Fsp3) is 0.429. The van der Waals surface area contributed by atoms with Crippen molar-refractivity contribution in [2.24, 2.45) is 0 Å². The fourth-order valence-electron chi connectivity index (χ4n) is 1.94. The lowest BCUT2D eigenvalue weighted by Crippen LogP contribution is -2.25. The summed E-state index contributed by atoms with van der Waals surface area (Å²) in [5.74, 6) is 1.20. The zero-order valence-corrected chi connectivity index (χ0v) is 13.8. The van der Waals surface area contributed by atoms with Crippen LogP contribution in [-0.2, 0) is 6.42 Å². The molecule has 1 aromatic carbocycles. The monoisotopic (exact) mass is 387 g/mol. The average molecular weight is 387 g/mol. The van der Waals surface area contributed by atoms with Gasteiger partial charge < -0.3 is 14.5 Å².